The summed E-state index contributed by atoms with van der Waals surface area (Å²) in [6.07, 6.45) is 3.30. The van der Waals surface area contributed by atoms with E-state index in [1.165, 1.54) is 22.3 Å². The normalized spacial score (nSPS) is 15.6. The van der Waals surface area contributed by atoms with Crippen LogP contribution in [0.5, 0.6) is 0 Å². The van der Waals surface area contributed by atoms with E-state index in [0.717, 1.165) is 18.7 Å². The van der Waals surface area contributed by atoms with Crippen molar-refractivity contribution in [3.8, 4) is 0 Å². The van der Waals surface area contributed by atoms with Gasteiger partial charge in [0.15, 0.2) is 5.16 Å². The molecule has 0 aliphatic carbocycles. The first kappa shape index (κ1) is 23.5. The number of carbonyl (C=O) groups is 1. The van der Waals surface area contributed by atoms with E-state index in [4.69, 9.17) is 4.74 Å². The molecule has 1 aromatic heterocycles. The molecule has 0 bridgehead atoms. The van der Waals surface area contributed by atoms with Crippen LogP contribution in [-0.4, -0.2) is 79.6 Å². The van der Waals surface area contributed by atoms with E-state index in [-0.39, 0.29) is 17.1 Å². The fourth-order valence-electron chi connectivity index (χ4n) is 3.10. The van der Waals surface area contributed by atoms with Crippen LogP contribution in [0, 0.1) is 0 Å². The van der Waals surface area contributed by atoms with Crippen molar-refractivity contribution < 1.29 is 17.9 Å². The lowest BCUT2D eigenvalue weighted by atomic mass is 10.2. The molecule has 0 radical (unpaired) electrons. The predicted molar refractivity (Wildman–Crippen MR) is 120 cm³/mol. The summed E-state index contributed by atoms with van der Waals surface area (Å²) in [4.78, 5) is 23.1. The quantitative estimate of drug-likeness (QED) is 0.356. The van der Waals surface area contributed by atoms with E-state index in [1.54, 1.807) is 31.2 Å². The molecule has 168 valence electrons. The molecule has 11 heteroatoms. The third kappa shape index (κ3) is 5.73. The first-order chi connectivity index (χ1) is 14.8. The average Bonchev–Trinajstić information content (AvgIpc) is 2.78. The van der Waals surface area contributed by atoms with Gasteiger partial charge in [-0.3, -0.25) is 0 Å². The molecule has 0 amide bonds. The number of aromatic nitrogens is 2. The second-order valence-corrected chi connectivity index (χ2v) is 9.76. The van der Waals surface area contributed by atoms with Gasteiger partial charge < -0.3 is 15.0 Å². The predicted octanol–water partition coefficient (Wildman–Crippen LogP) is 1.92. The number of rotatable bonds is 8. The number of nitrogens with one attached hydrogen (secondary N) is 1. The fraction of sp³-hybridized carbons (Fsp3) is 0.450. The summed E-state index contributed by atoms with van der Waals surface area (Å²) in [5, 5.41) is 3.67. The minimum absolute atomic E-state index is 0.256. The van der Waals surface area contributed by atoms with Gasteiger partial charge in [-0.05, 0) is 37.9 Å². The van der Waals surface area contributed by atoms with Crippen LogP contribution >= 0.6 is 11.8 Å². The number of thioether (sulfide) groups is 1. The Morgan fingerprint density at radius 2 is 1.87 bits per heavy atom. The molecule has 1 aliphatic heterocycles. The summed E-state index contributed by atoms with van der Waals surface area (Å²) in [5.41, 5.74) is 1.12. The third-order valence-corrected chi connectivity index (χ3v) is 7.40. The van der Waals surface area contributed by atoms with E-state index in [1.807, 2.05) is 13.3 Å². The van der Waals surface area contributed by atoms with Gasteiger partial charge in [0, 0.05) is 38.9 Å². The maximum Gasteiger partial charge on any atom is 0.343 e. The molecule has 0 atom stereocenters. The van der Waals surface area contributed by atoms with Crippen LogP contribution in [0.4, 0.5) is 5.82 Å². The van der Waals surface area contributed by atoms with Gasteiger partial charge in [-0.2, -0.15) is 4.31 Å². The maximum atomic E-state index is 12.9. The van der Waals surface area contributed by atoms with Crippen LogP contribution in [0.15, 0.2) is 40.5 Å². The molecule has 9 nitrogen and oxygen atoms in total. The number of benzene rings is 1. The second kappa shape index (κ2) is 10.4. The zero-order valence-corrected chi connectivity index (χ0v) is 19.5. The van der Waals surface area contributed by atoms with Gasteiger partial charge in [-0.15, -0.1) is 0 Å². The molecule has 2 heterocycles. The number of anilines is 1. The summed E-state index contributed by atoms with van der Waals surface area (Å²) in [6, 6.07) is 6.75. The zero-order valence-electron chi connectivity index (χ0n) is 17.9. The molecule has 0 unspecified atom stereocenters. The van der Waals surface area contributed by atoms with Gasteiger partial charge >= 0.3 is 5.97 Å². The smallest absolute Gasteiger partial charge is 0.343 e. The number of esters is 1. The van der Waals surface area contributed by atoms with Crippen LogP contribution in [0.3, 0.4) is 0 Å². The molecule has 1 aliphatic rings. The first-order valence-electron chi connectivity index (χ1n) is 9.94. The summed E-state index contributed by atoms with van der Waals surface area (Å²) in [6.45, 7) is 4.79. The highest BCUT2D eigenvalue weighted by atomic mass is 32.2. The number of likely N-dealkylation sites (N-methyl/N-ethyl adjacent to an activating group) is 1. The SMILES string of the molecule is CCOC(=O)c1cnc(SC)nc1NCc1ccc(S(=O)(=O)N2CCN(C)CC2)cc1. The molecule has 0 saturated carbocycles. The molecule has 1 saturated heterocycles. The standard InChI is InChI=1S/C20H27N5O4S2/c1-4-29-19(26)17-14-22-20(30-3)23-18(17)21-13-15-5-7-16(8-6-15)31(27,28)25-11-9-24(2)10-12-25/h5-8,14H,4,9-13H2,1-3H3,(H,21,22,23). The molecule has 1 fully saturated rings. The fourth-order valence-corrected chi connectivity index (χ4v) is 4.86. The molecule has 31 heavy (non-hydrogen) atoms. The molecular formula is C20H27N5O4S2. The molecule has 1 aromatic carbocycles. The highest BCUT2D eigenvalue weighted by Crippen LogP contribution is 2.21. The number of piperazine rings is 1. The minimum Gasteiger partial charge on any atom is -0.462 e. The third-order valence-electron chi connectivity index (χ3n) is 4.93. The Balaban J connectivity index is 1.71. The van der Waals surface area contributed by atoms with Crippen molar-refractivity contribution in [2.75, 3.05) is 51.4 Å². The molecule has 0 spiro atoms. The van der Waals surface area contributed by atoms with Crippen LogP contribution in [0.2, 0.25) is 0 Å². The van der Waals surface area contributed by atoms with E-state index < -0.39 is 16.0 Å². The van der Waals surface area contributed by atoms with Crippen LogP contribution in [-0.2, 0) is 21.3 Å². The minimum atomic E-state index is -3.50. The largest absolute Gasteiger partial charge is 0.462 e. The Bertz CT molecular complexity index is 1010. The number of nitrogens with zero attached hydrogens (tertiary/aromatic N) is 4. The zero-order chi connectivity index (χ0) is 22.4. The Hall–Kier alpha value is -2.21. The van der Waals surface area contributed by atoms with E-state index in [9.17, 15) is 13.2 Å². The summed E-state index contributed by atoms with van der Waals surface area (Å²) in [5.74, 6) is -0.113. The molecule has 2 aromatic rings. The van der Waals surface area contributed by atoms with Gasteiger partial charge in [-0.1, -0.05) is 23.9 Å². The first-order valence-corrected chi connectivity index (χ1v) is 12.6. The summed E-state index contributed by atoms with van der Waals surface area (Å²) >= 11 is 1.37. The van der Waals surface area contributed by atoms with E-state index in [2.05, 4.69) is 20.2 Å². The maximum absolute atomic E-state index is 12.9. The highest BCUT2D eigenvalue weighted by molar-refractivity contribution is 7.98. The van der Waals surface area contributed by atoms with Gasteiger partial charge in [0.25, 0.3) is 0 Å². The van der Waals surface area contributed by atoms with Crippen molar-refractivity contribution >= 4 is 33.6 Å². The van der Waals surface area contributed by atoms with Crippen LogP contribution in [0.1, 0.15) is 22.8 Å². The number of sulfonamides is 1. The van der Waals surface area contributed by atoms with E-state index in [0.29, 0.717) is 30.6 Å². The monoisotopic (exact) mass is 465 g/mol. The number of hydrogen-bond acceptors (Lipinski definition) is 9. The topological polar surface area (TPSA) is 105 Å². The lowest BCUT2D eigenvalue weighted by Crippen LogP contribution is -2.46. The second-order valence-electron chi connectivity index (χ2n) is 7.04. The van der Waals surface area contributed by atoms with Crippen LogP contribution < -0.4 is 5.32 Å². The lowest BCUT2D eigenvalue weighted by Gasteiger charge is -2.31. The Kier molecular flexibility index (Phi) is 7.87. The summed E-state index contributed by atoms with van der Waals surface area (Å²) < 4.78 is 32.3. The molecular weight excluding hydrogens is 438 g/mol. The molecule has 3 rings (SSSR count). The Labute approximate surface area is 187 Å². The Morgan fingerprint density at radius 1 is 1.19 bits per heavy atom. The van der Waals surface area contributed by atoms with Crippen molar-refractivity contribution in [2.24, 2.45) is 0 Å². The van der Waals surface area contributed by atoms with Crippen LogP contribution in [0.25, 0.3) is 0 Å². The number of ether oxygens (including phenoxy) is 1. The lowest BCUT2D eigenvalue weighted by molar-refractivity contribution is 0.0526. The van der Waals surface area contributed by atoms with Crippen molar-refractivity contribution in [1.82, 2.24) is 19.2 Å². The van der Waals surface area contributed by atoms with Crippen molar-refractivity contribution in [1.29, 1.82) is 0 Å². The van der Waals surface area contributed by atoms with Gasteiger partial charge in [0.05, 0.1) is 11.5 Å². The van der Waals surface area contributed by atoms with E-state index >= 15 is 0 Å². The van der Waals surface area contributed by atoms with Crippen molar-refractivity contribution in [3.63, 3.8) is 0 Å². The molecule has 1 N–H and O–H groups in total. The van der Waals surface area contributed by atoms with Crippen molar-refractivity contribution in [2.45, 2.75) is 23.5 Å². The number of carbonyl (C=O) groups excluding carboxylic acids is 1. The summed E-state index contributed by atoms with van der Waals surface area (Å²) in [7, 11) is -1.52. The van der Waals surface area contributed by atoms with Gasteiger partial charge in [0.1, 0.15) is 11.4 Å². The average molecular weight is 466 g/mol. The van der Waals surface area contributed by atoms with Gasteiger partial charge in [-0.25, -0.2) is 23.2 Å². The van der Waals surface area contributed by atoms with Crippen molar-refractivity contribution in [3.05, 3.63) is 41.6 Å². The Morgan fingerprint density at radius 3 is 2.48 bits per heavy atom. The highest BCUT2D eigenvalue weighted by Gasteiger charge is 2.27. The van der Waals surface area contributed by atoms with Gasteiger partial charge in [0.2, 0.25) is 10.0 Å². The number of hydrogen-bond donors (Lipinski definition) is 1.